The molecule has 98 valence electrons. The highest BCUT2D eigenvalue weighted by Crippen LogP contribution is 2.28. The molecule has 1 atom stereocenters. The van der Waals surface area contributed by atoms with Crippen LogP contribution in [0.2, 0.25) is 0 Å². The minimum Gasteiger partial charge on any atom is -0.255 e. The van der Waals surface area contributed by atoms with E-state index in [-0.39, 0.29) is 16.3 Å². The van der Waals surface area contributed by atoms with E-state index in [4.69, 9.17) is 16.9 Å². The summed E-state index contributed by atoms with van der Waals surface area (Å²) >= 11 is 5.66. The lowest BCUT2D eigenvalue weighted by Crippen LogP contribution is -2.21. The number of benzene rings is 1. The number of nitrogens with zero attached hydrogens (tertiary/aromatic N) is 2. The van der Waals surface area contributed by atoms with Gasteiger partial charge in [-0.05, 0) is 13.0 Å². The van der Waals surface area contributed by atoms with Gasteiger partial charge in [0.25, 0.3) is 0 Å². The molecule has 0 aliphatic heterocycles. The van der Waals surface area contributed by atoms with E-state index in [1.807, 2.05) is 6.07 Å². The van der Waals surface area contributed by atoms with Crippen LogP contribution in [0.5, 0.6) is 0 Å². The quantitative estimate of drug-likeness (QED) is 0.816. The van der Waals surface area contributed by atoms with E-state index in [0.717, 1.165) is 0 Å². The summed E-state index contributed by atoms with van der Waals surface area (Å²) in [6.45, 7) is 1.53. The van der Waals surface area contributed by atoms with Gasteiger partial charge in [-0.25, -0.2) is 8.42 Å². The molecule has 1 unspecified atom stereocenters. The van der Waals surface area contributed by atoms with Crippen LogP contribution in [0.4, 0.5) is 0 Å². The minimum atomic E-state index is -3.65. The van der Waals surface area contributed by atoms with Crippen LogP contribution >= 0.6 is 11.6 Å². The topological polar surface area (TPSA) is 70.8 Å². The van der Waals surface area contributed by atoms with Gasteiger partial charge in [0, 0.05) is 17.5 Å². The van der Waals surface area contributed by atoms with Crippen molar-refractivity contribution in [3.05, 3.63) is 36.0 Å². The molecule has 1 aromatic carbocycles. The highest BCUT2D eigenvalue weighted by Gasteiger charge is 2.28. The van der Waals surface area contributed by atoms with Gasteiger partial charge >= 0.3 is 0 Å². The van der Waals surface area contributed by atoms with E-state index in [1.165, 1.54) is 13.1 Å². The number of para-hydroxylation sites is 1. The molecule has 0 fully saturated rings. The monoisotopic (exact) mass is 294 g/mol. The standard InChI is InChI=1S/C13H11ClN2O2S/c1-9(6-14)19(17,18)13-10(7-15)8-16-12-5-3-2-4-11(12)13/h2-5,8-9H,6H2,1H3. The van der Waals surface area contributed by atoms with Crippen molar-refractivity contribution in [1.29, 1.82) is 5.26 Å². The third kappa shape index (κ3) is 2.29. The Balaban J connectivity index is 2.89. The molecule has 1 aromatic heterocycles. The molecule has 2 aromatic rings. The second kappa shape index (κ2) is 5.16. The van der Waals surface area contributed by atoms with Crippen molar-refractivity contribution in [2.24, 2.45) is 0 Å². The van der Waals surface area contributed by atoms with Crippen molar-refractivity contribution in [3.8, 4) is 6.07 Å². The maximum absolute atomic E-state index is 12.5. The number of nitriles is 1. The van der Waals surface area contributed by atoms with Crippen LogP contribution in [0.3, 0.4) is 0 Å². The summed E-state index contributed by atoms with van der Waals surface area (Å²) in [5, 5.41) is 8.81. The SMILES string of the molecule is CC(CCl)S(=O)(=O)c1c(C#N)cnc2ccccc12. The normalized spacial score (nSPS) is 13.1. The van der Waals surface area contributed by atoms with E-state index in [9.17, 15) is 8.42 Å². The number of hydrogen-bond donors (Lipinski definition) is 0. The summed E-state index contributed by atoms with van der Waals surface area (Å²) in [6, 6.07) is 8.73. The molecule has 6 heteroatoms. The van der Waals surface area contributed by atoms with Gasteiger partial charge in [-0.3, -0.25) is 4.98 Å². The highest BCUT2D eigenvalue weighted by molar-refractivity contribution is 7.92. The predicted octanol–water partition coefficient (Wildman–Crippen LogP) is 2.51. The Labute approximate surface area is 116 Å². The average molecular weight is 295 g/mol. The Bertz CT molecular complexity index is 766. The molecule has 0 spiro atoms. The summed E-state index contributed by atoms with van der Waals surface area (Å²) in [5.74, 6) is -0.0240. The van der Waals surface area contributed by atoms with E-state index >= 15 is 0 Å². The Kier molecular flexibility index (Phi) is 3.74. The number of sulfone groups is 1. The van der Waals surface area contributed by atoms with E-state index < -0.39 is 15.1 Å². The van der Waals surface area contributed by atoms with E-state index in [2.05, 4.69) is 4.98 Å². The maximum Gasteiger partial charge on any atom is 0.184 e. The molecule has 0 aliphatic carbocycles. The number of aromatic nitrogens is 1. The molecule has 0 saturated carbocycles. The second-order valence-corrected chi connectivity index (χ2v) is 6.75. The maximum atomic E-state index is 12.5. The Hall–Kier alpha value is -1.64. The van der Waals surface area contributed by atoms with Crippen LogP contribution in [0, 0.1) is 11.3 Å². The van der Waals surface area contributed by atoms with Crippen molar-refractivity contribution < 1.29 is 8.42 Å². The number of pyridine rings is 1. The van der Waals surface area contributed by atoms with Crippen LogP contribution < -0.4 is 0 Å². The largest absolute Gasteiger partial charge is 0.255 e. The average Bonchev–Trinajstić information content (AvgIpc) is 2.44. The van der Waals surface area contributed by atoms with Crippen molar-refractivity contribution in [2.75, 3.05) is 5.88 Å². The number of rotatable bonds is 3. The van der Waals surface area contributed by atoms with Gasteiger partial charge in [-0.15, -0.1) is 11.6 Å². The van der Waals surface area contributed by atoms with Gasteiger partial charge in [-0.1, -0.05) is 18.2 Å². The van der Waals surface area contributed by atoms with Gasteiger partial charge in [0.2, 0.25) is 0 Å². The number of alkyl halides is 1. The third-order valence-corrected chi connectivity index (χ3v) is 5.76. The molecule has 0 bridgehead atoms. The molecule has 0 aliphatic rings. The lowest BCUT2D eigenvalue weighted by atomic mass is 10.2. The first-order valence-corrected chi connectivity index (χ1v) is 7.68. The number of fused-ring (bicyclic) bond motifs is 1. The van der Waals surface area contributed by atoms with Gasteiger partial charge in [0.15, 0.2) is 9.84 Å². The zero-order valence-corrected chi connectivity index (χ0v) is 11.7. The Morgan fingerprint density at radius 3 is 2.74 bits per heavy atom. The van der Waals surface area contributed by atoms with Gasteiger partial charge in [0.05, 0.1) is 21.2 Å². The summed E-state index contributed by atoms with van der Waals surface area (Å²) in [6.07, 6.45) is 1.29. The Morgan fingerprint density at radius 2 is 2.11 bits per heavy atom. The molecule has 19 heavy (non-hydrogen) atoms. The van der Waals surface area contributed by atoms with Crippen molar-refractivity contribution >= 4 is 32.3 Å². The third-order valence-electron chi connectivity index (χ3n) is 2.88. The smallest absolute Gasteiger partial charge is 0.184 e. The summed E-state index contributed by atoms with van der Waals surface area (Å²) < 4.78 is 25.0. The second-order valence-electron chi connectivity index (χ2n) is 4.14. The van der Waals surface area contributed by atoms with Crippen LogP contribution in [0.1, 0.15) is 12.5 Å². The predicted molar refractivity (Wildman–Crippen MR) is 73.8 cm³/mol. The lowest BCUT2D eigenvalue weighted by Gasteiger charge is -2.13. The summed E-state index contributed by atoms with van der Waals surface area (Å²) in [7, 11) is -3.65. The Morgan fingerprint density at radius 1 is 1.42 bits per heavy atom. The van der Waals surface area contributed by atoms with Crippen LogP contribution in [0.25, 0.3) is 10.9 Å². The molecule has 0 radical (unpaired) electrons. The van der Waals surface area contributed by atoms with Crippen LogP contribution in [-0.4, -0.2) is 24.5 Å². The van der Waals surface area contributed by atoms with Crippen molar-refractivity contribution in [2.45, 2.75) is 17.1 Å². The molecule has 0 N–H and O–H groups in total. The fraction of sp³-hybridized carbons (Fsp3) is 0.231. The molecule has 4 nitrogen and oxygen atoms in total. The van der Waals surface area contributed by atoms with Crippen LogP contribution in [0.15, 0.2) is 35.4 Å². The molecule has 2 rings (SSSR count). The number of halogens is 1. The number of hydrogen-bond acceptors (Lipinski definition) is 4. The zero-order chi connectivity index (χ0) is 14.0. The minimum absolute atomic E-state index is 0.0220. The first kappa shape index (κ1) is 13.8. The van der Waals surface area contributed by atoms with Crippen molar-refractivity contribution in [1.82, 2.24) is 4.98 Å². The van der Waals surface area contributed by atoms with E-state index in [1.54, 1.807) is 24.3 Å². The fourth-order valence-corrected chi connectivity index (χ4v) is 3.74. The zero-order valence-electron chi connectivity index (χ0n) is 10.2. The highest BCUT2D eigenvalue weighted by atomic mass is 35.5. The summed E-state index contributed by atoms with van der Waals surface area (Å²) in [4.78, 5) is 4.11. The van der Waals surface area contributed by atoms with Gasteiger partial charge in [-0.2, -0.15) is 5.26 Å². The van der Waals surface area contributed by atoms with E-state index in [0.29, 0.717) is 10.9 Å². The first-order chi connectivity index (χ1) is 9.02. The van der Waals surface area contributed by atoms with Crippen LogP contribution in [-0.2, 0) is 9.84 Å². The summed E-state index contributed by atoms with van der Waals surface area (Å²) in [5.41, 5.74) is 0.595. The molecule has 0 saturated heterocycles. The van der Waals surface area contributed by atoms with Gasteiger partial charge < -0.3 is 0 Å². The molecular formula is C13H11ClN2O2S. The van der Waals surface area contributed by atoms with Gasteiger partial charge in [0.1, 0.15) is 6.07 Å². The molecule has 1 heterocycles. The lowest BCUT2D eigenvalue weighted by molar-refractivity contribution is 0.588. The molecular weight excluding hydrogens is 284 g/mol. The van der Waals surface area contributed by atoms with Crippen molar-refractivity contribution in [3.63, 3.8) is 0 Å². The first-order valence-electron chi connectivity index (χ1n) is 5.60. The molecule has 0 amide bonds. The fourth-order valence-electron chi connectivity index (χ4n) is 1.79.